The van der Waals surface area contributed by atoms with Crippen LogP contribution in [0.4, 0.5) is 5.69 Å². The third kappa shape index (κ3) is 4.55. The standard InChI is InChI=1S/C23H19ClN4O3/c1-15-19(22(24)28(27-15)14-16-5-3-2-4-6-16)11-17(13-25)23(29)26-18-7-8-20-21(12-18)31-10-9-30-20/h2-8,11-12H,9-10,14H2,1H3,(H,26,29)/b17-11+. The molecule has 0 saturated carbocycles. The Bertz CT molecular complexity index is 1200. The van der Waals surface area contributed by atoms with Crippen molar-refractivity contribution < 1.29 is 14.3 Å². The van der Waals surface area contributed by atoms with Crippen molar-refractivity contribution in [3.05, 3.63) is 76.1 Å². The van der Waals surface area contributed by atoms with E-state index in [2.05, 4.69) is 10.4 Å². The maximum Gasteiger partial charge on any atom is 0.266 e. The Balaban J connectivity index is 1.55. The fourth-order valence-corrected chi connectivity index (χ4v) is 3.49. The lowest BCUT2D eigenvalue weighted by Gasteiger charge is -2.18. The second kappa shape index (κ2) is 8.94. The maximum atomic E-state index is 12.7. The highest BCUT2D eigenvalue weighted by atomic mass is 35.5. The zero-order valence-corrected chi connectivity index (χ0v) is 17.5. The van der Waals surface area contributed by atoms with Crippen molar-refractivity contribution in [3.8, 4) is 17.6 Å². The van der Waals surface area contributed by atoms with Crippen molar-refractivity contribution in [2.75, 3.05) is 18.5 Å². The van der Waals surface area contributed by atoms with Gasteiger partial charge in [0.2, 0.25) is 0 Å². The first-order chi connectivity index (χ1) is 15.0. The number of nitrogens with zero attached hydrogens (tertiary/aromatic N) is 3. The molecule has 0 unspecified atom stereocenters. The third-order valence-electron chi connectivity index (χ3n) is 4.74. The lowest BCUT2D eigenvalue weighted by atomic mass is 10.1. The molecule has 31 heavy (non-hydrogen) atoms. The van der Waals surface area contributed by atoms with Crippen LogP contribution in [0.1, 0.15) is 16.8 Å². The summed E-state index contributed by atoms with van der Waals surface area (Å²) in [5.41, 5.74) is 2.61. The predicted octanol–water partition coefficient (Wildman–Crippen LogP) is 4.21. The largest absolute Gasteiger partial charge is 0.486 e. The molecule has 0 fully saturated rings. The zero-order chi connectivity index (χ0) is 21.8. The number of hydrogen-bond acceptors (Lipinski definition) is 5. The second-order valence-electron chi connectivity index (χ2n) is 6.92. The molecule has 1 aliphatic heterocycles. The highest BCUT2D eigenvalue weighted by molar-refractivity contribution is 6.31. The van der Waals surface area contributed by atoms with Crippen molar-refractivity contribution in [3.63, 3.8) is 0 Å². The quantitative estimate of drug-likeness (QED) is 0.480. The summed E-state index contributed by atoms with van der Waals surface area (Å²) in [5.74, 6) is 0.617. The van der Waals surface area contributed by atoms with Gasteiger partial charge in [-0.1, -0.05) is 41.9 Å². The molecule has 3 aromatic rings. The SMILES string of the molecule is Cc1nn(Cc2ccccc2)c(Cl)c1/C=C(\C#N)C(=O)Nc1ccc2c(c1)OCCO2. The second-order valence-corrected chi connectivity index (χ2v) is 7.27. The van der Waals surface area contributed by atoms with Crippen LogP contribution in [-0.4, -0.2) is 28.9 Å². The number of aryl methyl sites for hydroxylation is 1. The average molecular weight is 435 g/mol. The van der Waals surface area contributed by atoms with Gasteiger partial charge in [-0.05, 0) is 30.7 Å². The third-order valence-corrected chi connectivity index (χ3v) is 5.14. The number of carbonyl (C=O) groups is 1. The van der Waals surface area contributed by atoms with Crippen LogP contribution in [0.25, 0.3) is 6.08 Å². The van der Waals surface area contributed by atoms with Gasteiger partial charge in [-0.15, -0.1) is 0 Å². The Labute approximate surface area is 184 Å². The number of hydrogen-bond donors (Lipinski definition) is 1. The van der Waals surface area contributed by atoms with Crippen molar-refractivity contribution >= 4 is 29.3 Å². The molecule has 2 heterocycles. The number of nitriles is 1. The van der Waals surface area contributed by atoms with E-state index < -0.39 is 5.91 Å². The lowest BCUT2D eigenvalue weighted by Crippen LogP contribution is -2.17. The molecule has 7 nitrogen and oxygen atoms in total. The highest BCUT2D eigenvalue weighted by Crippen LogP contribution is 2.33. The van der Waals surface area contributed by atoms with Crippen LogP contribution >= 0.6 is 11.6 Å². The number of fused-ring (bicyclic) bond motifs is 1. The van der Waals surface area contributed by atoms with E-state index in [1.165, 1.54) is 6.08 Å². The molecule has 1 aliphatic rings. The molecule has 0 bridgehead atoms. The number of nitrogens with one attached hydrogen (secondary N) is 1. The first-order valence-corrected chi connectivity index (χ1v) is 10.0. The van der Waals surface area contributed by atoms with Crippen LogP contribution in [0, 0.1) is 18.3 Å². The van der Waals surface area contributed by atoms with Crippen molar-refractivity contribution in [2.45, 2.75) is 13.5 Å². The van der Waals surface area contributed by atoms with Crippen LogP contribution in [0.2, 0.25) is 5.15 Å². The van der Waals surface area contributed by atoms with Gasteiger partial charge < -0.3 is 14.8 Å². The molecular formula is C23H19ClN4O3. The van der Waals surface area contributed by atoms with Crippen LogP contribution in [-0.2, 0) is 11.3 Å². The van der Waals surface area contributed by atoms with Gasteiger partial charge in [0.05, 0.1) is 12.2 Å². The van der Waals surface area contributed by atoms with Gasteiger partial charge in [0.15, 0.2) is 11.5 Å². The molecule has 0 saturated heterocycles. The molecule has 1 amide bonds. The van der Waals surface area contributed by atoms with Gasteiger partial charge in [0.25, 0.3) is 5.91 Å². The number of halogens is 1. The summed E-state index contributed by atoms with van der Waals surface area (Å²) in [6, 6.07) is 16.8. The number of amides is 1. The summed E-state index contributed by atoms with van der Waals surface area (Å²) in [5, 5.41) is 17.1. The van der Waals surface area contributed by atoms with Gasteiger partial charge in [-0.3, -0.25) is 4.79 Å². The molecule has 0 radical (unpaired) electrons. The molecule has 8 heteroatoms. The van der Waals surface area contributed by atoms with Crippen molar-refractivity contribution in [1.82, 2.24) is 9.78 Å². The zero-order valence-electron chi connectivity index (χ0n) is 16.8. The van der Waals surface area contributed by atoms with Crippen LogP contribution in [0.5, 0.6) is 11.5 Å². The molecule has 0 spiro atoms. The Morgan fingerprint density at radius 3 is 2.71 bits per heavy atom. The monoisotopic (exact) mass is 434 g/mol. The number of benzene rings is 2. The number of rotatable bonds is 5. The van der Waals surface area contributed by atoms with E-state index in [1.54, 1.807) is 29.8 Å². The average Bonchev–Trinajstić information content (AvgIpc) is 3.04. The van der Waals surface area contributed by atoms with E-state index in [4.69, 9.17) is 21.1 Å². The fourth-order valence-electron chi connectivity index (χ4n) is 3.20. The molecular weight excluding hydrogens is 416 g/mol. The lowest BCUT2D eigenvalue weighted by molar-refractivity contribution is -0.112. The number of carbonyl (C=O) groups excluding carboxylic acids is 1. The van der Waals surface area contributed by atoms with Gasteiger partial charge in [0, 0.05) is 17.3 Å². The first-order valence-electron chi connectivity index (χ1n) is 9.65. The summed E-state index contributed by atoms with van der Waals surface area (Å²) in [6.45, 7) is 3.20. The predicted molar refractivity (Wildman–Crippen MR) is 117 cm³/mol. The van der Waals surface area contributed by atoms with Gasteiger partial charge >= 0.3 is 0 Å². The molecule has 2 aromatic carbocycles. The minimum absolute atomic E-state index is 0.0841. The summed E-state index contributed by atoms with van der Waals surface area (Å²) >= 11 is 6.51. The van der Waals surface area contributed by atoms with E-state index in [1.807, 2.05) is 36.4 Å². The molecule has 4 rings (SSSR count). The summed E-state index contributed by atoms with van der Waals surface area (Å²) < 4.78 is 12.6. The Hall–Kier alpha value is -3.76. The summed E-state index contributed by atoms with van der Waals surface area (Å²) in [4.78, 5) is 12.7. The number of anilines is 1. The van der Waals surface area contributed by atoms with E-state index in [0.29, 0.717) is 53.4 Å². The van der Waals surface area contributed by atoms with Gasteiger partial charge in [0.1, 0.15) is 30.0 Å². The normalized spacial score (nSPS) is 12.9. The van der Waals surface area contributed by atoms with Crippen molar-refractivity contribution in [2.24, 2.45) is 0 Å². The number of aromatic nitrogens is 2. The summed E-state index contributed by atoms with van der Waals surface area (Å²) in [6.07, 6.45) is 1.46. The Morgan fingerprint density at radius 2 is 1.97 bits per heavy atom. The van der Waals surface area contributed by atoms with Crippen LogP contribution in [0.15, 0.2) is 54.1 Å². The minimum Gasteiger partial charge on any atom is -0.486 e. The molecule has 0 atom stereocenters. The maximum absolute atomic E-state index is 12.7. The van der Waals surface area contributed by atoms with E-state index in [9.17, 15) is 10.1 Å². The Morgan fingerprint density at radius 1 is 1.23 bits per heavy atom. The smallest absolute Gasteiger partial charge is 0.266 e. The van der Waals surface area contributed by atoms with E-state index in [-0.39, 0.29) is 5.57 Å². The first kappa shape index (κ1) is 20.5. The van der Waals surface area contributed by atoms with Crippen molar-refractivity contribution in [1.29, 1.82) is 5.26 Å². The van der Waals surface area contributed by atoms with E-state index >= 15 is 0 Å². The number of ether oxygens (including phenoxy) is 2. The van der Waals surface area contributed by atoms with E-state index in [0.717, 1.165) is 5.56 Å². The summed E-state index contributed by atoms with van der Waals surface area (Å²) in [7, 11) is 0. The minimum atomic E-state index is -0.551. The molecule has 156 valence electrons. The van der Waals surface area contributed by atoms with Gasteiger partial charge in [-0.2, -0.15) is 10.4 Å². The van der Waals surface area contributed by atoms with Crippen LogP contribution < -0.4 is 14.8 Å². The van der Waals surface area contributed by atoms with Crippen LogP contribution in [0.3, 0.4) is 0 Å². The Kier molecular flexibility index (Phi) is 5.92. The molecule has 1 N–H and O–H groups in total. The molecule has 0 aliphatic carbocycles. The topological polar surface area (TPSA) is 89.2 Å². The fraction of sp³-hybridized carbons (Fsp3) is 0.174. The highest BCUT2D eigenvalue weighted by Gasteiger charge is 2.18. The molecule has 1 aromatic heterocycles. The van der Waals surface area contributed by atoms with Gasteiger partial charge in [-0.25, -0.2) is 4.68 Å².